The van der Waals surface area contributed by atoms with E-state index in [1.165, 1.54) is 11.9 Å². The minimum atomic E-state index is -4.21. The van der Waals surface area contributed by atoms with Gasteiger partial charge in [-0.3, -0.25) is 0 Å². The highest BCUT2D eigenvalue weighted by molar-refractivity contribution is 6.30. The van der Waals surface area contributed by atoms with Crippen LogP contribution in [-0.4, -0.2) is 25.8 Å². The van der Waals surface area contributed by atoms with Gasteiger partial charge in [0.2, 0.25) is 0 Å². The number of alkyl halides is 3. The zero-order valence-corrected chi connectivity index (χ0v) is 11.4. The van der Waals surface area contributed by atoms with E-state index in [1.807, 2.05) is 0 Å². The van der Waals surface area contributed by atoms with Gasteiger partial charge in [0.1, 0.15) is 6.54 Å². The maximum absolute atomic E-state index is 12.4. The molecule has 0 unspecified atom stereocenters. The number of anilines is 1. The van der Waals surface area contributed by atoms with Crippen LogP contribution in [0.1, 0.15) is 18.4 Å². The van der Waals surface area contributed by atoms with Crippen LogP contribution in [0.4, 0.5) is 18.9 Å². The summed E-state index contributed by atoms with van der Waals surface area (Å²) in [5.41, 5.74) is 1.36. The van der Waals surface area contributed by atoms with Gasteiger partial charge in [-0.1, -0.05) is 11.6 Å². The smallest absolute Gasteiger partial charge is 0.365 e. The van der Waals surface area contributed by atoms with Gasteiger partial charge >= 0.3 is 6.18 Å². The van der Waals surface area contributed by atoms with Crippen LogP contribution >= 0.6 is 11.6 Å². The molecule has 1 aliphatic carbocycles. The summed E-state index contributed by atoms with van der Waals surface area (Å²) in [6, 6.07) is 5.47. The Hall–Kier alpha value is -0.940. The molecule has 0 spiro atoms. The molecule has 0 atom stereocenters. The highest BCUT2D eigenvalue weighted by atomic mass is 35.5. The number of nitrogens with one attached hydrogen (secondary N) is 1. The van der Waals surface area contributed by atoms with Crippen LogP contribution in [-0.2, 0) is 6.54 Å². The normalized spacial score (nSPS) is 15.6. The number of hydrogen-bond donors (Lipinski definition) is 1. The van der Waals surface area contributed by atoms with Crippen LogP contribution in [0.25, 0.3) is 0 Å². The van der Waals surface area contributed by atoms with E-state index in [-0.39, 0.29) is 0 Å². The number of hydrogen-bond acceptors (Lipinski definition) is 2. The molecule has 0 radical (unpaired) electrons. The van der Waals surface area contributed by atoms with E-state index in [4.69, 9.17) is 11.6 Å². The zero-order chi connectivity index (χ0) is 14.0. The van der Waals surface area contributed by atoms with Crippen LogP contribution in [0.3, 0.4) is 0 Å². The first kappa shape index (κ1) is 14.5. The molecule has 1 aromatic rings. The first-order valence-corrected chi connectivity index (χ1v) is 6.52. The predicted octanol–water partition coefficient (Wildman–Crippen LogP) is 3.59. The lowest BCUT2D eigenvalue weighted by Crippen LogP contribution is -2.32. The molecule has 0 bridgehead atoms. The summed E-state index contributed by atoms with van der Waals surface area (Å²) in [5, 5.41) is 3.83. The maximum Gasteiger partial charge on any atom is 0.405 e. The summed E-state index contributed by atoms with van der Waals surface area (Å²) in [6.45, 7) is -0.423. The Kier molecular flexibility index (Phi) is 4.26. The summed E-state index contributed by atoms with van der Waals surface area (Å²) in [6.07, 6.45) is -1.95. The predicted molar refractivity (Wildman–Crippen MR) is 70.6 cm³/mol. The fourth-order valence-electron chi connectivity index (χ4n) is 1.96. The van der Waals surface area contributed by atoms with E-state index >= 15 is 0 Å². The first-order valence-electron chi connectivity index (χ1n) is 6.15. The van der Waals surface area contributed by atoms with Crippen molar-refractivity contribution in [2.24, 2.45) is 0 Å². The van der Waals surface area contributed by atoms with Crippen LogP contribution in [0.2, 0.25) is 5.02 Å². The second kappa shape index (κ2) is 5.59. The Morgan fingerprint density at radius 1 is 1.37 bits per heavy atom. The molecular formula is C13H16ClF3N2. The molecule has 19 heavy (non-hydrogen) atoms. The summed E-state index contributed by atoms with van der Waals surface area (Å²) in [4.78, 5) is 1.21. The SMILES string of the molecule is CN(CC(F)(F)F)c1ccc(Cl)cc1CNC1CC1. The largest absolute Gasteiger partial charge is 0.405 e. The molecule has 2 rings (SSSR count). The Labute approximate surface area is 115 Å². The number of rotatable bonds is 5. The van der Waals surface area contributed by atoms with Crippen molar-refractivity contribution in [2.75, 3.05) is 18.5 Å². The van der Waals surface area contributed by atoms with E-state index < -0.39 is 12.7 Å². The van der Waals surface area contributed by atoms with Gasteiger partial charge in [0, 0.05) is 30.3 Å². The van der Waals surface area contributed by atoms with Gasteiger partial charge in [0.15, 0.2) is 0 Å². The highest BCUT2D eigenvalue weighted by Crippen LogP contribution is 2.28. The summed E-state index contributed by atoms with van der Waals surface area (Å²) in [7, 11) is 1.44. The molecule has 6 heteroatoms. The fraction of sp³-hybridized carbons (Fsp3) is 0.538. The summed E-state index contributed by atoms with van der Waals surface area (Å²) in [5.74, 6) is 0. The van der Waals surface area contributed by atoms with E-state index in [0.717, 1.165) is 18.4 Å². The van der Waals surface area contributed by atoms with Gasteiger partial charge in [0.05, 0.1) is 0 Å². The van der Waals surface area contributed by atoms with Crippen LogP contribution in [0.15, 0.2) is 18.2 Å². The molecule has 1 saturated carbocycles. The summed E-state index contributed by atoms with van der Waals surface area (Å²) >= 11 is 5.92. The molecule has 0 heterocycles. The van der Waals surface area contributed by atoms with E-state index in [1.54, 1.807) is 18.2 Å². The van der Waals surface area contributed by atoms with Crippen molar-refractivity contribution >= 4 is 17.3 Å². The standard InChI is InChI=1S/C13H16ClF3N2/c1-19(8-13(15,16)17)12-5-2-10(14)6-9(12)7-18-11-3-4-11/h2,5-6,11,18H,3-4,7-8H2,1H3. The third-order valence-electron chi connectivity index (χ3n) is 3.03. The van der Waals surface area contributed by atoms with E-state index in [2.05, 4.69) is 5.32 Å². The van der Waals surface area contributed by atoms with Crippen LogP contribution in [0.5, 0.6) is 0 Å². The second-order valence-corrected chi connectivity index (χ2v) is 5.34. The third-order valence-corrected chi connectivity index (χ3v) is 3.26. The number of nitrogens with zero attached hydrogens (tertiary/aromatic N) is 1. The van der Waals surface area contributed by atoms with Crippen molar-refractivity contribution in [3.05, 3.63) is 28.8 Å². The molecule has 2 nitrogen and oxygen atoms in total. The second-order valence-electron chi connectivity index (χ2n) is 4.90. The molecule has 106 valence electrons. The van der Waals surface area contributed by atoms with Gasteiger partial charge in [0.25, 0.3) is 0 Å². The van der Waals surface area contributed by atoms with Crippen LogP contribution < -0.4 is 10.2 Å². The Bertz CT molecular complexity index is 444. The van der Waals surface area contributed by atoms with Crippen molar-refractivity contribution in [2.45, 2.75) is 31.6 Å². The minimum Gasteiger partial charge on any atom is -0.365 e. The minimum absolute atomic E-state index is 0.500. The van der Waals surface area contributed by atoms with Gasteiger partial charge in [-0.25, -0.2) is 0 Å². The topological polar surface area (TPSA) is 15.3 Å². The van der Waals surface area contributed by atoms with Gasteiger partial charge in [-0.05, 0) is 36.6 Å². The van der Waals surface area contributed by atoms with E-state index in [9.17, 15) is 13.2 Å². The Morgan fingerprint density at radius 2 is 2.05 bits per heavy atom. The molecule has 0 amide bonds. The zero-order valence-electron chi connectivity index (χ0n) is 10.6. The van der Waals surface area contributed by atoms with Crippen molar-refractivity contribution in [1.82, 2.24) is 5.32 Å². The van der Waals surface area contributed by atoms with Crippen LogP contribution in [0, 0.1) is 0 Å². The molecule has 1 fully saturated rings. The van der Waals surface area contributed by atoms with Crippen molar-refractivity contribution in [3.8, 4) is 0 Å². The van der Waals surface area contributed by atoms with E-state index in [0.29, 0.717) is 23.3 Å². The van der Waals surface area contributed by atoms with Gasteiger partial charge < -0.3 is 10.2 Å². The lowest BCUT2D eigenvalue weighted by atomic mass is 10.1. The Balaban J connectivity index is 2.12. The third kappa shape index (κ3) is 4.58. The first-order chi connectivity index (χ1) is 8.85. The quantitative estimate of drug-likeness (QED) is 0.892. The van der Waals surface area contributed by atoms with Gasteiger partial charge in [-0.2, -0.15) is 13.2 Å². The lowest BCUT2D eigenvalue weighted by Gasteiger charge is -2.24. The van der Waals surface area contributed by atoms with Gasteiger partial charge in [-0.15, -0.1) is 0 Å². The molecular weight excluding hydrogens is 277 g/mol. The molecule has 0 saturated heterocycles. The molecule has 1 N–H and O–H groups in total. The highest BCUT2D eigenvalue weighted by Gasteiger charge is 2.30. The average molecular weight is 293 g/mol. The fourth-order valence-corrected chi connectivity index (χ4v) is 2.16. The maximum atomic E-state index is 12.4. The van der Waals surface area contributed by atoms with Crippen molar-refractivity contribution in [3.63, 3.8) is 0 Å². The number of benzene rings is 1. The molecule has 0 aromatic heterocycles. The molecule has 0 aliphatic heterocycles. The Morgan fingerprint density at radius 3 is 2.63 bits per heavy atom. The van der Waals surface area contributed by atoms with Crippen molar-refractivity contribution < 1.29 is 13.2 Å². The lowest BCUT2D eigenvalue weighted by molar-refractivity contribution is -0.119. The average Bonchev–Trinajstić information content (AvgIpc) is 3.07. The molecule has 1 aromatic carbocycles. The molecule has 1 aliphatic rings. The van der Waals surface area contributed by atoms with Crippen molar-refractivity contribution in [1.29, 1.82) is 0 Å². The summed E-state index contributed by atoms with van der Waals surface area (Å²) < 4.78 is 37.3. The number of halogens is 4. The monoisotopic (exact) mass is 292 g/mol.